The van der Waals surface area contributed by atoms with E-state index in [1.165, 1.54) is 0 Å². The van der Waals surface area contributed by atoms with E-state index in [0.29, 0.717) is 0 Å². The summed E-state index contributed by atoms with van der Waals surface area (Å²) in [6.45, 7) is 1.97. The normalized spacial score (nSPS) is 10.9. The molecular formula is C7H5I2N3. The highest BCUT2D eigenvalue weighted by molar-refractivity contribution is 14.1. The zero-order valence-corrected chi connectivity index (χ0v) is 10.6. The summed E-state index contributed by atoms with van der Waals surface area (Å²) in [5, 5.41) is 0. The second-order valence-corrected chi connectivity index (χ2v) is 4.65. The van der Waals surface area contributed by atoms with Crippen molar-refractivity contribution in [3.63, 3.8) is 0 Å². The third kappa shape index (κ3) is 1.32. The molecule has 0 amide bonds. The second kappa shape index (κ2) is 3.09. The van der Waals surface area contributed by atoms with Crippen LogP contribution in [0.5, 0.6) is 0 Å². The van der Waals surface area contributed by atoms with Crippen LogP contribution in [0.3, 0.4) is 0 Å². The lowest BCUT2D eigenvalue weighted by Gasteiger charge is -1.91. The van der Waals surface area contributed by atoms with Gasteiger partial charge in [-0.1, -0.05) is 0 Å². The predicted octanol–water partition coefficient (Wildman–Crippen LogP) is 2.54. The number of hydrogen-bond donors (Lipinski definition) is 0. The fourth-order valence-corrected chi connectivity index (χ4v) is 1.94. The molecule has 0 aromatic carbocycles. The van der Waals surface area contributed by atoms with Crippen molar-refractivity contribution in [2.75, 3.05) is 0 Å². The van der Waals surface area contributed by atoms with E-state index in [1.54, 1.807) is 0 Å². The number of rotatable bonds is 0. The van der Waals surface area contributed by atoms with Crippen LogP contribution in [0.4, 0.5) is 0 Å². The van der Waals surface area contributed by atoms with Gasteiger partial charge in [-0.15, -0.1) is 0 Å². The van der Waals surface area contributed by atoms with Crippen LogP contribution in [0.1, 0.15) is 5.82 Å². The van der Waals surface area contributed by atoms with E-state index in [-0.39, 0.29) is 0 Å². The van der Waals surface area contributed by atoms with E-state index in [1.807, 2.05) is 22.0 Å². The monoisotopic (exact) mass is 385 g/mol. The molecule has 0 spiro atoms. The molecule has 0 atom stereocenters. The Bertz CT molecular complexity index is 435. The van der Waals surface area contributed by atoms with Crippen molar-refractivity contribution in [3.8, 4) is 0 Å². The Balaban J connectivity index is 2.87. The Morgan fingerprint density at radius 3 is 3.00 bits per heavy atom. The summed E-state index contributed by atoms with van der Waals surface area (Å²) in [6, 6.07) is 2.03. The van der Waals surface area contributed by atoms with Gasteiger partial charge in [0, 0.05) is 9.77 Å². The summed E-state index contributed by atoms with van der Waals surface area (Å²) in [7, 11) is 0. The van der Waals surface area contributed by atoms with E-state index < -0.39 is 0 Å². The van der Waals surface area contributed by atoms with Gasteiger partial charge in [-0.2, -0.15) is 0 Å². The first-order valence-electron chi connectivity index (χ1n) is 3.35. The Morgan fingerprint density at radius 2 is 2.25 bits per heavy atom. The zero-order valence-electron chi connectivity index (χ0n) is 6.25. The maximum atomic E-state index is 4.36. The molecule has 0 fully saturated rings. The van der Waals surface area contributed by atoms with Crippen LogP contribution >= 0.6 is 45.5 Å². The molecular weight excluding hydrogens is 380 g/mol. The highest BCUT2D eigenvalue weighted by atomic mass is 127. The van der Waals surface area contributed by atoms with Crippen molar-refractivity contribution in [3.05, 3.63) is 21.7 Å². The molecule has 0 bridgehead atoms. The van der Waals surface area contributed by atoms with Crippen LogP contribution < -0.4 is 0 Å². The lowest BCUT2D eigenvalue weighted by Crippen LogP contribution is -1.84. The van der Waals surface area contributed by atoms with Gasteiger partial charge in [0.25, 0.3) is 0 Å². The van der Waals surface area contributed by atoms with E-state index >= 15 is 0 Å². The van der Waals surface area contributed by atoms with Crippen LogP contribution in [0.25, 0.3) is 11.2 Å². The second-order valence-electron chi connectivity index (χ2n) is 2.44. The first kappa shape index (κ1) is 8.67. The molecule has 62 valence electrons. The minimum Gasteiger partial charge on any atom is -0.252 e. The molecule has 0 radical (unpaired) electrons. The Hall–Kier alpha value is 0.0800. The molecule has 0 N–H and O–H groups in total. The first-order valence-corrected chi connectivity index (χ1v) is 5.39. The van der Waals surface area contributed by atoms with Gasteiger partial charge >= 0.3 is 0 Å². The quantitative estimate of drug-likeness (QED) is 0.653. The van der Waals surface area contributed by atoms with Crippen molar-refractivity contribution in [1.82, 2.24) is 12.7 Å². The number of fused-ring (bicyclic) bond motifs is 1. The number of nitrogens with zero attached hydrogens (tertiary/aromatic N) is 3. The Labute approximate surface area is 97.2 Å². The van der Waals surface area contributed by atoms with Gasteiger partial charge in [0.15, 0.2) is 5.65 Å². The number of aromatic nitrogens is 3. The summed E-state index contributed by atoms with van der Waals surface area (Å²) < 4.78 is 3.08. The van der Waals surface area contributed by atoms with Crippen molar-refractivity contribution < 1.29 is 0 Å². The zero-order chi connectivity index (χ0) is 8.72. The molecule has 0 aliphatic rings. The van der Waals surface area contributed by atoms with Gasteiger partial charge in [0.2, 0.25) is 0 Å². The molecule has 2 aromatic rings. The molecule has 2 heterocycles. The third-order valence-corrected chi connectivity index (χ3v) is 3.31. The van der Waals surface area contributed by atoms with Crippen LogP contribution in [0, 0.1) is 10.5 Å². The highest BCUT2D eigenvalue weighted by Crippen LogP contribution is 2.17. The molecule has 0 aliphatic carbocycles. The maximum absolute atomic E-state index is 4.36. The summed E-state index contributed by atoms with van der Waals surface area (Å²) in [5.41, 5.74) is 1.90. The van der Waals surface area contributed by atoms with Gasteiger partial charge in [0.1, 0.15) is 11.3 Å². The van der Waals surface area contributed by atoms with Crippen LogP contribution in [-0.2, 0) is 0 Å². The van der Waals surface area contributed by atoms with Crippen molar-refractivity contribution >= 4 is 56.6 Å². The minimum atomic E-state index is 0.938. The number of aryl methyl sites for hydroxylation is 1. The fraction of sp³-hybridized carbons (Fsp3) is 0.143. The molecule has 0 saturated carbocycles. The van der Waals surface area contributed by atoms with E-state index in [4.69, 9.17) is 0 Å². The van der Waals surface area contributed by atoms with Gasteiger partial charge in [-0.25, -0.2) is 9.97 Å². The lowest BCUT2D eigenvalue weighted by molar-refractivity contribution is 1.14. The molecule has 0 aliphatic heterocycles. The summed E-state index contributed by atoms with van der Waals surface area (Å²) >= 11 is 4.43. The summed E-state index contributed by atoms with van der Waals surface area (Å²) in [6.07, 6.45) is 1.85. The minimum absolute atomic E-state index is 0.938. The van der Waals surface area contributed by atoms with E-state index in [9.17, 15) is 0 Å². The van der Waals surface area contributed by atoms with Crippen LogP contribution in [-0.4, -0.2) is 12.7 Å². The van der Waals surface area contributed by atoms with Gasteiger partial charge in [-0.3, -0.25) is 2.78 Å². The lowest BCUT2D eigenvalue weighted by atomic mass is 10.4. The van der Waals surface area contributed by atoms with Crippen LogP contribution in [0.2, 0.25) is 0 Å². The summed E-state index contributed by atoms with van der Waals surface area (Å²) in [5.74, 6) is 0.986. The number of hydrogen-bond acceptors (Lipinski definition) is 2. The Morgan fingerprint density at radius 1 is 1.50 bits per heavy atom. The third-order valence-electron chi connectivity index (χ3n) is 1.57. The van der Waals surface area contributed by atoms with Gasteiger partial charge < -0.3 is 0 Å². The molecule has 5 heteroatoms. The highest BCUT2D eigenvalue weighted by Gasteiger charge is 2.05. The molecule has 2 rings (SSSR count). The average molecular weight is 385 g/mol. The van der Waals surface area contributed by atoms with Crippen molar-refractivity contribution in [1.29, 1.82) is 0 Å². The SMILES string of the molecule is Cc1nc2cc(I)cnc2n1I. The smallest absolute Gasteiger partial charge is 0.169 e. The standard InChI is InChI=1S/C7H5I2N3/c1-4-11-6-2-5(8)3-10-7(6)12(4)9/h2-3H,1H3. The topological polar surface area (TPSA) is 30.7 Å². The molecule has 0 saturated heterocycles. The number of halogens is 2. The average Bonchev–Trinajstić information content (AvgIpc) is 2.28. The fourth-order valence-electron chi connectivity index (χ4n) is 1.03. The number of imidazole rings is 1. The largest absolute Gasteiger partial charge is 0.252 e. The molecule has 2 aromatic heterocycles. The van der Waals surface area contributed by atoms with Crippen molar-refractivity contribution in [2.24, 2.45) is 0 Å². The molecule has 12 heavy (non-hydrogen) atoms. The molecule has 3 nitrogen and oxygen atoms in total. The van der Waals surface area contributed by atoms with Gasteiger partial charge in [0.05, 0.1) is 22.9 Å². The van der Waals surface area contributed by atoms with Crippen LogP contribution in [0.15, 0.2) is 12.3 Å². The van der Waals surface area contributed by atoms with Gasteiger partial charge in [-0.05, 0) is 35.6 Å². The van der Waals surface area contributed by atoms with Crippen molar-refractivity contribution in [2.45, 2.75) is 6.92 Å². The summed E-state index contributed by atoms with van der Waals surface area (Å²) in [4.78, 5) is 8.65. The Kier molecular flexibility index (Phi) is 2.23. The maximum Gasteiger partial charge on any atom is 0.169 e. The van der Waals surface area contributed by atoms with E-state index in [2.05, 4.69) is 55.4 Å². The molecule has 0 unspecified atom stereocenters. The number of pyridine rings is 1. The van der Waals surface area contributed by atoms with E-state index in [0.717, 1.165) is 20.6 Å². The first-order chi connectivity index (χ1) is 5.68. The predicted molar refractivity (Wildman–Crippen MR) is 64.4 cm³/mol.